The van der Waals surface area contributed by atoms with E-state index in [2.05, 4.69) is 4.72 Å². The van der Waals surface area contributed by atoms with Crippen molar-refractivity contribution < 1.29 is 16.8 Å². The number of sulfonamides is 1. The Bertz CT molecular complexity index is 679. The molecule has 0 atom stereocenters. The van der Waals surface area contributed by atoms with Crippen molar-refractivity contribution in [2.75, 3.05) is 24.3 Å². The number of anilines is 1. The molecule has 10 heteroatoms. The molecule has 0 unspecified atom stereocenters. The van der Waals surface area contributed by atoms with Crippen LogP contribution in [0.5, 0.6) is 0 Å². The molecule has 1 aromatic carbocycles. The molecule has 0 saturated heterocycles. The van der Waals surface area contributed by atoms with Crippen molar-refractivity contribution in [1.82, 2.24) is 4.72 Å². The molecule has 0 heterocycles. The van der Waals surface area contributed by atoms with Gasteiger partial charge in [-0.2, -0.15) is 0 Å². The maximum absolute atomic E-state index is 12.0. The molecule has 0 fully saturated rings. The second-order valence-electron chi connectivity index (χ2n) is 4.19. The second kappa shape index (κ2) is 6.48. The summed E-state index contributed by atoms with van der Waals surface area (Å²) in [5.74, 6) is -0.112. The largest absolute Gasteiger partial charge is 0.399 e. The number of nitrogens with one attached hydrogen (secondary N) is 1. The van der Waals surface area contributed by atoms with E-state index in [0.717, 1.165) is 6.26 Å². The molecule has 0 aliphatic heterocycles. The first-order chi connectivity index (χ1) is 9.03. The van der Waals surface area contributed by atoms with Crippen LogP contribution in [0.15, 0.2) is 17.0 Å². The predicted molar refractivity (Wildman–Crippen MR) is 80.4 cm³/mol. The molecule has 0 radical (unpaired) electrons. The lowest BCUT2D eigenvalue weighted by molar-refractivity contribution is 0.577. The minimum absolute atomic E-state index is 0.0353. The molecular weight excluding hydrogens is 347 g/mol. The number of benzene rings is 1. The predicted octanol–water partition coefficient (Wildman–Crippen LogP) is 1.29. The van der Waals surface area contributed by atoms with E-state index < -0.39 is 19.9 Å². The summed E-state index contributed by atoms with van der Waals surface area (Å²) in [6.45, 7) is -0.0353. The Kier molecular flexibility index (Phi) is 5.68. The monoisotopic (exact) mass is 360 g/mol. The van der Waals surface area contributed by atoms with Gasteiger partial charge in [0.1, 0.15) is 14.7 Å². The van der Waals surface area contributed by atoms with Crippen LogP contribution in [-0.2, 0) is 19.9 Å². The third-order valence-corrected chi connectivity index (χ3v) is 5.69. The molecule has 0 aliphatic carbocycles. The lowest BCUT2D eigenvalue weighted by Crippen LogP contribution is -2.26. The maximum atomic E-state index is 12.0. The van der Waals surface area contributed by atoms with Crippen LogP contribution in [0, 0.1) is 0 Å². The molecular formula is C10H14Cl2N2O4S2. The standard InChI is InChI=1S/C10H14Cl2N2O4S2/c1-19(15,16)4-2-3-14-20(17,18)10-8(11)5-7(13)6-9(10)12/h5-6,14H,2-4,13H2,1H3. The van der Waals surface area contributed by atoms with E-state index in [1.54, 1.807) is 0 Å². The van der Waals surface area contributed by atoms with Crippen LogP contribution in [0.25, 0.3) is 0 Å². The highest BCUT2D eigenvalue weighted by Gasteiger charge is 2.22. The van der Waals surface area contributed by atoms with Crippen molar-refractivity contribution in [3.63, 3.8) is 0 Å². The van der Waals surface area contributed by atoms with Gasteiger partial charge in [0.05, 0.1) is 15.8 Å². The van der Waals surface area contributed by atoms with Crippen LogP contribution < -0.4 is 10.5 Å². The highest BCUT2D eigenvalue weighted by molar-refractivity contribution is 7.90. The fraction of sp³-hybridized carbons (Fsp3) is 0.400. The molecule has 1 rings (SSSR count). The van der Waals surface area contributed by atoms with Crippen LogP contribution in [0.2, 0.25) is 10.0 Å². The molecule has 3 N–H and O–H groups in total. The van der Waals surface area contributed by atoms with Crippen molar-refractivity contribution in [3.05, 3.63) is 22.2 Å². The average Bonchev–Trinajstić information content (AvgIpc) is 2.21. The highest BCUT2D eigenvalue weighted by Crippen LogP contribution is 2.31. The van der Waals surface area contributed by atoms with Crippen molar-refractivity contribution in [3.8, 4) is 0 Å². The zero-order valence-corrected chi connectivity index (χ0v) is 13.7. The molecule has 1 aromatic rings. The summed E-state index contributed by atoms with van der Waals surface area (Å²) in [4.78, 5) is -0.269. The van der Waals surface area contributed by atoms with Crippen LogP contribution in [-0.4, -0.2) is 35.4 Å². The lowest BCUT2D eigenvalue weighted by atomic mass is 10.3. The first kappa shape index (κ1) is 17.5. The van der Waals surface area contributed by atoms with Crippen molar-refractivity contribution in [2.24, 2.45) is 0 Å². The number of hydrogen-bond donors (Lipinski definition) is 2. The Labute approximate surface area is 128 Å². The molecule has 0 aromatic heterocycles. The molecule has 114 valence electrons. The van der Waals surface area contributed by atoms with Gasteiger partial charge in [-0.3, -0.25) is 0 Å². The Morgan fingerprint density at radius 1 is 1.15 bits per heavy atom. The minimum atomic E-state index is -3.92. The van der Waals surface area contributed by atoms with Crippen LogP contribution in [0.3, 0.4) is 0 Å². The number of nitrogens with two attached hydrogens (primary N) is 1. The van der Waals surface area contributed by atoms with Crippen LogP contribution >= 0.6 is 23.2 Å². The maximum Gasteiger partial charge on any atom is 0.243 e. The topological polar surface area (TPSA) is 106 Å². The quantitative estimate of drug-likeness (QED) is 0.587. The van der Waals surface area contributed by atoms with Gasteiger partial charge in [0.15, 0.2) is 0 Å². The highest BCUT2D eigenvalue weighted by atomic mass is 35.5. The number of nitrogen functional groups attached to an aromatic ring is 1. The first-order valence-corrected chi connectivity index (χ1v) is 9.75. The van der Waals surface area contributed by atoms with Gasteiger partial charge >= 0.3 is 0 Å². The van der Waals surface area contributed by atoms with Gasteiger partial charge in [0.25, 0.3) is 0 Å². The van der Waals surface area contributed by atoms with Gasteiger partial charge in [-0.25, -0.2) is 21.6 Å². The second-order valence-corrected chi connectivity index (χ2v) is 8.97. The van der Waals surface area contributed by atoms with Gasteiger partial charge in [0, 0.05) is 18.5 Å². The summed E-state index contributed by atoms with van der Waals surface area (Å²) in [5, 5.41) is -0.184. The normalized spacial score (nSPS) is 12.6. The zero-order valence-electron chi connectivity index (χ0n) is 10.6. The van der Waals surface area contributed by atoms with Crippen molar-refractivity contribution >= 4 is 48.7 Å². The van der Waals surface area contributed by atoms with Crippen molar-refractivity contribution in [1.29, 1.82) is 0 Å². The summed E-state index contributed by atoms with van der Waals surface area (Å²) in [6.07, 6.45) is 1.23. The molecule has 0 saturated carbocycles. The first-order valence-electron chi connectivity index (χ1n) is 5.45. The molecule has 0 aliphatic rings. The fourth-order valence-electron chi connectivity index (χ4n) is 1.45. The zero-order chi connectivity index (χ0) is 15.6. The van der Waals surface area contributed by atoms with Gasteiger partial charge < -0.3 is 5.73 Å². The van der Waals surface area contributed by atoms with Gasteiger partial charge in [-0.1, -0.05) is 23.2 Å². The number of halogens is 2. The summed E-state index contributed by atoms with van der Waals surface area (Å²) < 4.78 is 48.2. The van der Waals surface area contributed by atoms with E-state index >= 15 is 0 Å². The van der Waals surface area contributed by atoms with E-state index in [1.807, 2.05) is 0 Å². The summed E-state index contributed by atoms with van der Waals surface area (Å²) in [6, 6.07) is 2.55. The summed E-state index contributed by atoms with van der Waals surface area (Å²) in [5.41, 5.74) is 5.74. The van der Waals surface area contributed by atoms with E-state index in [4.69, 9.17) is 28.9 Å². The SMILES string of the molecule is CS(=O)(=O)CCCNS(=O)(=O)c1c(Cl)cc(N)cc1Cl. The number of sulfone groups is 1. The smallest absolute Gasteiger partial charge is 0.243 e. The molecule has 0 amide bonds. The van der Waals surface area contributed by atoms with Crippen molar-refractivity contribution in [2.45, 2.75) is 11.3 Å². The van der Waals surface area contributed by atoms with Gasteiger partial charge in [-0.05, 0) is 18.6 Å². The summed E-state index contributed by atoms with van der Waals surface area (Å²) in [7, 11) is -7.05. The fourth-order valence-corrected chi connectivity index (χ4v) is 4.42. The Balaban J connectivity index is 2.85. The van der Waals surface area contributed by atoms with E-state index in [9.17, 15) is 16.8 Å². The molecule has 6 nitrogen and oxygen atoms in total. The number of hydrogen-bond acceptors (Lipinski definition) is 5. The van der Waals surface area contributed by atoms with Crippen LogP contribution in [0.4, 0.5) is 5.69 Å². The third-order valence-electron chi connectivity index (χ3n) is 2.27. The Morgan fingerprint density at radius 2 is 1.65 bits per heavy atom. The minimum Gasteiger partial charge on any atom is -0.399 e. The van der Waals surface area contributed by atoms with E-state index in [0.29, 0.717) is 0 Å². The molecule has 0 spiro atoms. The Morgan fingerprint density at radius 3 is 2.10 bits per heavy atom. The lowest BCUT2D eigenvalue weighted by Gasteiger charge is -2.10. The van der Waals surface area contributed by atoms with E-state index in [-0.39, 0.29) is 39.3 Å². The van der Waals surface area contributed by atoms with Crippen LogP contribution in [0.1, 0.15) is 6.42 Å². The Hall–Kier alpha value is -0.540. The average molecular weight is 361 g/mol. The molecule has 20 heavy (non-hydrogen) atoms. The molecule has 0 bridgehead atoms. The summed E-state index contributed by atoms with van der Waals surface area (Å²) >= 11 is 11.7. The van der Waals surface area contributed by atoms with Gasteiger partial charge in [0.2, 0.25) is 10.0 Å². The van der Waals surface area contributed by atoms with E-state index in [1.165, 1.54) is 12.1 Å². The number of rotatable bonds is 6. The van der Waals surface area contributed by atoms with Gasteiger partial charge in [-0.15, -0.1) is 0 Å². The third kappa shape index (κ3) is 5.10.